The van der Waals surface area contributed by atoms with E-state index in [-0.39, 0.29) is 5.69 Å². The molecule has 0 amide bonds. The molecule has 1 aromatic rings. The van der Waals surface area contributed by atoms with Gasteiger partial charge in [0, 0.05) is 12.5 Å². The zero-order valence-electron chi connectivity index (χ0n) is 9.50. The number of carbonyl (C=O) groups excluding carboxylic acids is 1. The Morgan fingerprint density at radius 2 is 1.74 bits per heavy atom. The van der Waals surface area contributed by atoms with E-state index >= 15 is 0 Å². The summed E-state index contributed by atoms with van der Waals surface area (Å²) in [6.07, 6.45) is -1.35. The minimum atomic E-state index is -1.44. The molecule has 0 fully saturated rings. The molecule has 0 aliphatic rings. The number of rotatable bonds is 6. The summed E-state index contributed by atoms with van der Waals surface area (Å²) >= 11 is 0. The molecule has 1 heterocycles. The van der Waals surface area contributed by atoms with E-state index in [1.807, 2.05) is 9.97 Å². The lowest BCUT2D eigenvalue weighted by Gasteiger charge is -2.08. The molecular formula is C10H10N2O7. The van der Waals surface area contributed by atoms with Crippen LogP contribution in [0.15, 0.2) is 15.7 Å². The molecule has 1 atom stereocenters. The first kappa shape index (κ1) is 14.4. The van der Waals surface area contributed by atoms with Crippen molar-refractivity contribution in [3.8, 4) is 0 Å². The Hall–Kier alpha value is -2.71. The largest absolute Gasteiger partial charge is 0.481 e. The molecule has 19 heavy (non-hydrogen) atoms. The van der Waals surface area contributed by atoms with E-state index in [0.29, 0.717) is 0 Å². The van der Waals surface area contributed by atoms with Crippen LogP contribution in [0.3, 0.4) is 0 Å². The van der Waals surface area contributed by atoms with Gasteiger partial charge in [-0.2, -0.15) is 0 Å². The lowest BCUT2D eigenvalue weighted by molar-refractivity contribution is -0.148. The number of hydrogen-bond acceptors (Lipinski definition) is 5. The average Bonchev–Trinajstić information content (AvgIpc) is 2.25. The fraction of sp³-hybridized carbons (Fsp3) is 0.300. The summed E-state index contributed by atoms with van der Waals surface area (Å²) in [7, 11) is 0. The topological polar surface area (TPSA) is 157 Å². The molecule has 102 valence electrons. The third-order valence-electron chi connectivity index (χ3n) is 2.26. The van der Waals surface area contributed by atoms with Gasteiger partial charge >= 0.3 is 17.6 Å². The fourth-order valence-electron chi connectivity index (χ4n) is 1.41. The van der Waals surface area contributed by atoms with Gasteiger partial charge in [0.25, 0.3) is 5.56 Å². The molecule has 0 unspecified atom stereocenters. The Labute approximate surface area is 104 Å². The van der Waals surface area contributed by atoms with Gasteiger partial charge in [-0.1, -0.05) is 0 Å². The number of aromatic nitrogens is 2. The van der Waals surface area contributed by atoms with Crippen LogP contribution < -0.4 is 11.2 Å². The van der Waals surface area contributed by atoms with Crippen LogP contribution in [0.25, 0.3) is 0 Å². The van der Waals surface area contributed by atoms with Crippen molar-refractivity contribution in [2.75, 3.05) is 0 Å². The summed E-state index contributed by atoms with van der Waals surface area (Å²) < 4.78 is 0. The Morgan fingerprint density at radius 1 is 1.11 bits per heavy atom. The van der Waals surface area contributed by atoms with Crippen molar-refractivity contribution >= 4 is 17.7 Å². The predicted octanol–water partition coefficient (Wildman–Crippen LogP) is -1.19. The van der Waals surface area contributed by atoms with E-state index in [4.69, 9.17) is 10.2 Å². The Balaban J connectivity index is 2.93. The molecule has 9 nitrogen and oxygen atoms in total. The van der Waals surface area contributed by atoms with Crippen molar-refractivity contribution in [3.05, 3.63) is 32.6 Å². The van der Waals surface area contributed by atoms with E-state index in [0.717, 1.165) is 6.07 Å². The number of nitrogens with one attached hydrogen (secondary N) is 2. The number of aliphatic carboxylic acids is 2. The van der Waals surface area contributed by atoms with Gasteiger partial charge in [0.15, 0.2) is 5.78 Å². The molecule has 0 bridgehead atoms. The van der Waals surface area contributed by atoms with Gasteiger partial charge in [0.1, 0.15) is 0 Å². The minimum Gasteiger partial charge on any atom is -0.481 e. The molecule has 0 aliphatic carbocycles. The molecule has 0 spiro atoms. The highest BCUT2D eigenvalue weighted by molar-refractivity contribution is 5.96. The first-order valence-electron chi connectivity index (χ1n) is 5.11. The summed E-state index contributed by atoms with van der Waals surface area (Å²) in [6.45, 7) is 0. The number of carboxylic acids is 2. The summed E-state index contributed by atoms with van der Waals surface area (Å²) in [5, 5.41) is 17.3. The average molecular weight is 270 g/mol. The first-order valence-corrected chi connectivity index (χ1v) is 5.11. The van der Waals surface area contributed by atoms with Gasteiger partial charge in [-0.05, 0) is 0 Å². The lowest BCUT2D eigenvalue weighted by Crippen LogP contribution is -2.27. The smallest absolute Gasteiger partial charge is 0.326 e. The van der Waals surface area contributed by atoms with Gasteiger partial charge in [-0.15, -0.1) is 0 Å². The summed E-state index contributed by atoms with van der Waals surface area (Å²) in [5.41, 5.74) is -2.07. The minimum absolute atomic E-state index is 0.356. The van der Waals surface area contributed by atoms with E-state index in [9.17, 15) is 24.0 Å². The van der Waals surface area contributed by atoms with Gasteiger partial charge in [-0.25, -0.2) is 4.79 Å². The predicted molar refractivity (Wildman–Crippen MR) is 60.0 cm³/mol. The lowest BCUT2D eigenvalue weighted by atomic mass is 9.97. The van der Waals surface area contributed by atoms with E-state index in [1.165, 1.54) is 0 Å². The molecule has 0 aliphatic heterocycles. The van der Waals surface area contributed by atoms with Crippen molar-refractivity contribution in [2.24, 2.45) is 5.92 Å². The third-order valence-corrected chi connectivity index (χ3v) is 2.26. The van der Waals surface area contributed by atoms with Crippen molar-refractivity contribution in [1.82, 2.24) is 9.97 Å². The number of ketones is 1. The molecule has 0 saturated heterocycles. The van der Waals surface area contributed by atoms with Gasteiger partial charge in [-0.3, -0.25) is 24.2 Å². The first-order chi connectivity index (χ1) is 8.79. The summed E-state index contributed by atoms with van der Waals surface area (Å²) in [4.78, 5) is 58.7. The maximum absolute atomic E-state index is 11.7. The van der Waals surface area contributed by atoms with Crippen molar-refractivity contribution < 1.29 is 24.6 Å². The molecule has 1 rings (SSSR count). The second-order valence-corrected chi connectivity index (χ2v) is 3.76. The summed E-state index contributed by atoms with van der Waals surface area (Å²) in [5.74, 6) is -5.05. The van der Waals surface area contributed by atoms with E-state index in [1.54, 1.807) is 0 Å². The Bertz CT molecular complexity index is 599. The highest BCUT2D eigenvalue weighted by Gasteiger charge is 2.25. The van der Waals surface area contributed by atoms with Gasteiger partial charge < -0.3 is 15.2 Å². The van der Waals surface area contributed by atoms with Gasteiger partial charge in [0.05, 0.1) is 18.0 Å². The molecular weight excluding hydrogens is 260 g/mol. The molecule has 0 aromatic carbocycles. The van der Waals surface area contributed by atoms with Gasteiger partial charge in [0.2, 0.25) is 0 Å². The standard InChI is InChI=1S/C10H10N2O7/c13-6(1-4(9(17)18)2-8(15)16)5-3-7(14)12-10(19)11-5/h3-4H,1-2H2,(H,15,16)(H,17,18)(H2,11,12,14,19)/t4-/m0/s1. The third kappa shape index (κ3) is 4.22. The van der Waals surface area contributed by atoms with Crippen LogP contribution in [0, 0.1) is 5.92 Å². The van der Waals surface area contributed by atoms with Crippen LogP contribution >= 0.6 is 0 Å². The van der Waals surface area contributed by atoms with Crippen molar-refractivity contribution in [2.45, 2.75) is 12.8 Å². The van der Waals surface area contributed by atoms with Crippen LogP contribution in [-0.4, -0.2) is 37.9 Å². The number of carbonyl (C=O) groups is 3. The van der Waals surface area contributed by atoms with Crippen LogP contribution in [0.2, 0.25) is 0 Å². The van der Waals surface area contributed by atoms with E-state index in [2.05, 4.69) is 0 Å². The molecule has 1 aromatic heterocycles. The van der Waals surface area contributed by atoms with Crippen LogP contribution in [-0.2, 0) is 9.59 Å². The summed E-state index contributed by atoms with van der Waals surface area (Å²) in [6, 6.07) is 0.809. The maximum Gasteiger partial charge on any atom is 0.326 e. The molecule has 4 N–H and O–H groups in total. The normalized spacial score (nSPS) is 11.8. The Kier molecular flexibility index (Phi) is 4.35. The highest BCUT2D eigenvalue weighted by Crippen LogP contribution is 2.12. The second-order valence-electron chi connectivity index (χ2n) is 3.76. The number of H-pyrrole nitrogens is 2. The fourth-order valence-corrected chi connectivity index (χ4v) is 1.41. The van der Waals surface area contributed by atoms with Crippen molar-refractivity contribution in [3.63, 3.8) is 0 Å². The molecule has 0 saturated carbocycles. The van der Waals surface area contributed by atoms with Crippen molar-refractivity contribution in [1.29, 1.82) is 0 Å². The number of Topliss-reactive ketones (excluding diaryl/α,β-unsaturated/α-hetero) is 1. The number of carboxylic acid groups (broad SMARTS) is 2. The maximum atomic E-state index is 11.7. The zero-order valence-corrected chi connectivity index (χ0v) is 9.50. The Morgan fingerprint density at radius 3 is 2.21 bits per heavy atom. The second kappa shape index (κ2) is 5.76. The van der Waals surface area contributed by atoms with Crippen LogP contribution in [0.5, 0.6) is 0 Å². The zero-order chi connectivity index (χ0) is 14.6. The molecule has 9 heteroatoms. The molecule has 0 radical (unpaired) electrons. The number of aromatic amines is 2. The monoisotopic (exact) mass is 270 g/mol. The van der Waals surface area contributed by atoms with Crippen LogP contribution in [0.1, 0.15) is 23.3 Å². The van der Waals surface area contributed by atoms with E-state index < -0.39 is 47.7 Å². The SMILES string of the molecule is O=C(O)C[C@H](CC(=O)c1cc(=O)[nH]c(=O)[nH]1)C(=O)O. The number of hydrogen-bond donors (Lipinski definition) is 4. The quantitative estimate of drug-likeness (QED) is 0.473. The van der Waals surface area contributed by atoms with Crippen LogP contribution in [0.4, 0.5) is 0 Å². The highest BCUT2D eigenvalue weighted by atomic mass is 16.4.